The van der Waals surface area contributed by atoms with Gasteiger partial charge >= 0.3 is 5.97 Å². The molecular formula is C21H23ClN2O4. The van der Waals surface area contributed by atoms with Crippen LogP contribution in [-0.2, 0) is 9.59 Å². The highest BCUT2D eigenvalue weighted by Crippen LogP contribution is 2.48. The Morgan fingerprint density at radius 2 is 1.71 bits per heavy atom. The lowest BCUT2D eigenvalue weighted by atomic mass is 9.82. The third-order valence-electron chi connectivity index (χ3n) is 6.16. The standard InChI is InChI=1S/C21H23ClN2O4/c22-16-11-14(6-7-15(16)20(26)24-8-2-1-3-9-24)23-19(25)17-12-4-5-13(10-12)18(17)21(27)28/h4-7,11-13,17-18H,1-3,8-10H2,(H,23,25)(H,27,28)/t12-,13-,17+,18-/m0/s1. The second kappa shape index (κ2) is 7.59. The lowest BCUT2D eigenvalue weighted by Crippen LogP contribution is -2.36. The molecule has 2 amide bonds. The van der Waals surface area contributed by atoms with Gasteiger partial charge in [-0.2, -0.15) is 0 Å². The highest BCUT2D eigenvalue weighted by molar-refractivity contribution is 6.34. The minimum absolute atomic E-state index is 0.0403. The first-order valence-corrected chi connectivity index (χ1v) is 10.1. The molecule has 0 radical (unpaired) electrons. The van der Waals surface area contributed by atoms with E-state index >= 15 is 0 Å². The molecule has 1 aromatic rings. The number of rotatable bonds is 4. The molecule has 2 aliphatic carbocycles. The van der Waals surface area contributed by atoms with Crippen molar-refractivity contribution in [3.63, 3.8) is 0 Å². The molecular weight excluding hydrogens is 380 g/mol. The molecule has 0 aromatic heterocycles. The van der Waals surface area contributed by atoms with Crippen LogP contribution in [0.2, 0.25) is 5.02 Å². The minimum atomic E-state index is -0.933. The maximum atomic E-state index is 12.8. The highest BCUT2D eigenvalue weighted by Gasteiger charge is 2.51. The van der Waals surface area contributed by atoms with Crippen LogP contribution in [0.5, 0.6) is 0 Å². The van der Waals surface area contributed by atoms with Gasteiger partial charge in [0, 0.05) is 18.8 Å². The second-order valence-corrected chi connectivity index (χ2v) is 8.28. The van der Waals surface area contributed by atoms with Crippen molar-refractivity contribution in [2.45, 2.75) is 25.7 Å². The Hall–Kier alpha value is -2.34. The van der Waals surface area contributed by atoms with Gasteiger partial charge in [0.25, 0.3) is 5.91 Å². The molecule has 1 saturated carbocycles. The van der Waals surface area contributed by atoms with Crippen LogP contribution in [0.15, 0.2) is 30.4 Å². The molecule has 2 fully saturated rings. The Bertz CT molecular complexity index is 847. The molecule has 28 heavy (non-hydrogen) atoms. The number of aliphatic carboxylic acids is 1. The van der Waals surface area contributed by atoms with Gasteiger partial charge in [-0.25, -0.2) is 0 Å². The van der Waals surface area contributed by atoms with E-state index in [4.69, 9.17) is 11.6 Å². The molecule has 1 saturated heterocycles. The third kappa shape index (κ3) is 3.41. The number of likely N-dealkylation sites (tertiary alicyclic amines) is 1. The van der Waals surface area contributed by atoms with Gasteiger partial charge in [-0.3, -0.25) is 14.4 Å². The van der Waals surface area contributed by atoms with Crippen LogP contribution in [0, 0.1) is 23.7 Å². The zero-order chi connectivity index (χ0) is 19.8. The van der Waals surface area contributed by atoms with E-state index in [1.165, 1.54) is 0 Å². The Balaban J connectivity index is 1.47. The summed E-state index contributed by atoms with van der Waals surface area (Å²) in [6.45, 7) is 1.48. The van der Waals surface area contributed by atoms with Crippen molar-refractivity contribution in [3.05, 3.63) is 40.9 Å². The summed E-state index contributed by atoms with van der Waals surface area (Å²) < 4.78 is 0. The normalized spacial score (nSPS) is 28.4. The van der Waals surface area contributed by atoms with Crippen molar-refractivity contribution in [2.75, 3.05) is 18.4 Å². The number of carboxylic acid groups (broad SMARTS) is 1. The van der Waals surface area contributed by atoms with Crippen molar-refractivity contribution in [1.29, 1.82) is 0 Å². The molecule has 1 heterocycles. The Morgan fingerprint density at radius 3 is 2.36 bits per heavy atom. The van der Waals surface area contributed by atoms with E-state index in [2.05, 4.69) is 5.32 Å². The molecule has 4 atom stereocenters. The first kappa shape index (κ1) is 19.0. The first-order chi connectivity index (χ1) is 13.5. The maximum absolute atomic E-state index is 12.8. The summed E-state index contributed by atoms with van der Waals surface area (Å²) >= 11 is 6.32. The molecule has 3 aliphatic rings. The average molecular weight is 403 g/mol. The molecule has 2 N–H and O–H groups in total. The summed E-state index contributed by atoms with van der Waals surface area (Å²) in [4.78, 5) is 38.8. The van der Waals surface area contributed by atoms with Gasteiger partial charge in [-0.15, -0.1) is 0 Å². The molecule has 0 unspecified atom stereocenters. The molecule has 1 aliphatic heterocycles. The van der Waals surface area contributed by atoms with Gasteiger partial charge in [0.2, 0.25) is 5.91 Å². The smallest absolute Gasteiger partial charge is 0.307 e. The number of anilines is 1. The SMILES string of the molecule is O=C(O)[C@@H]1[C@H](C(=O)Nc2ccc(C(=O)N3CCCCC3)c(Cl)c2)[C@H]2C=C[C@H]1C2. The molecule has 148 valence electrons. The topological polar surface area (TPSA) is 86.7 Å². The van der Waals surface area contributed by atoms with Crippen molar-refractivity contribution >= 4 is 35.1 Å². The molecule has 7 heteroatoms. The lowest BCUT2D eigenvalue weighted by Gasteiger charge is -2.27. The van der Waals surface area contributed by atoms with Gasteiger partial charge in [0.05, 0.1) is 22.4 Å². The van der Waals surface area contributed by atoms with Gasteiger partial charge in [0.15, 0.2) is 0 Å². The number of amides is 2. The predicted molar refractivity (Wildman–Crippen MR) is 105 cm³/mol. The largest absolute Gasteiger partial charge is 0.481 e. The second-order valence-electron chi connectivity index (χ2n) is 7.87. The van der Waals surface area contributed by atoms with Crippen molar-refractivity contribution in [3.8, 4) is 0 Å². The minimum Gasteiger partial charge on any atom is -0.481 e. The number of piperidine rings is 1. The van der Waals surface area contributed by atoms with Crippen LogP contribution in [-0.4, -0.2) is 40.9 Å². The number of carbonyl (C=O) groups is 3. The average Bonchev–Trinajstić information content (AvgIpc) is 3.30. The van der Waals surface area contributed by atoms with E-state index in [0.717, 1.165) is 32.4 Å². The van der Waals surface area contributed by atoms with Gasteiger partial charge in [-0.05, 0) is 55.7 Å². The number of hydrogen-bond donors (Lipinski definition) is 2. The summed E-state index contributed by atoms with van der Waals surface area (Å²) in [6, 6.07) is 4.85. The van der Waals surface area contributed by atoms with Crippen LogP contribution in [0.25, 0.3) is 0 Å². The number of carbonyl (C=O) groups excluding carboxylic acids is 2. The Labute approximate surface area is 168 Å². The number of nitrogens with zero attached hydrogens (tertiary/aromatic N) is 1. The van der Waals surface area contributed by atoms with Crippen LogP contribution < -0.4 is 5.32 Å². The van der Waals surface area contributed by atoms with E-state index in [0.29, 0.717) is 17.7 Å². The number of benzene rings is 1. The summed E-state index contributed by atoms with van der Waals surface area (Å²) in [5, 5.41) is 12.6. The van der Waals surface area contributed by atoms with E-state index in [-0.39, 0.29) is 28.7 Å². The van der Waals surface area contributed by atoms with Gasteiger partial charge in [-0.1, -0.05) is 23.8 Å². The van der Waals surface area contributed by atoms with Crippen LogP contribution in [0.1, 0.15) is 36.0 Å². The summed E-state index contributed by atoms with van der Waals surface area (Å²) in [7, 11) is 0. The van der Waals surface area contributed by atoms with E-state index < -0.39 is 17.8 Å². The van der Waals surface area contributed by atoms with Crippen LogP contribution in [0.3, 0.4) is 0 Å². The van der Waals surface area contributed by atoms with Crippen LogP contribution in [0.4, 0.5) is 5.69 Å². The molecule has 4 rings (SSSR count). The number of fused-ring (bicyclic) bond motifs is 2. The third-order valence-corrected chi connectivity index (χ3v) is 6.47. The summed E-state index contributed by atoms with van der Waals surface area (Å²) in [6.07, 6.45) is 7.70. The zero-order valence-electron chi connectivity index (χ0n) is 15.4. The summed E-state index contributed by atoms with van der Waals surface area (Å²) in [5.41, 5.74) is 0.897. The fourth-order valence-corrected chi connectivity index (χ4v) is 5.04. The fourth-order valence-electron chi connectivity index (χ4n) is 4.78. The van der Waals surface area contributed by atoms with Crippen molar-refractivity contribution < 1.29 is 19.5 Å². The maximum Gasteiger partial charge on any atom is 0.307 e. The van der Waals surface area contributed by atoms with Gasteiger partial charge < -0.3 is 15.3 Å². The van der Waals surface area contributed by atoms with Crippen LogP contribution >= 0.6 is 11.6 Å². The number of halogens is 1. The molecule has 0 spiro atoms. The Morgan fingerprint density at radius 1 is 1.04 bits per heavy atom. The molecule has 1 aromatic carbocycles. The van der Waals surface area contributed by atoms with E-state index in [1.54, 1.807) is 18.2 Å². The predicted octanol–water partition coefficient (Wildman–Crippen LogP) is 3.43. The fraction of sp³-hybridized carbons (Fsp3) is 0.476. The van der Waals surface area contributed by atoms with E-state index in [9.17, 15) is 19.5 Å². The lowest BCUT2D eigenvalue weighted by molar-refractivity contribution is -0.146. The molecule has 6 nitrogen and oxygen atoms in total. The molecule has 2 bridgehead atoms. The van der Waals surface area contributed by atoms with Crippen molar-refractivity contribution in [2.24, 2.45) is 23.7 Å². The monoisotopic (exact) mass is 402 g/mol. The summed E-state index contributed by atoms with van der Waals surface area (Å²) in [5.74, 6) is -2.72. The highest BCUT2D eigenvalue weighted by atomic mass is 35.5. The van der Waals surface area contributed by atoms with Crippen molar-refractivity contribution in [1.82, 2.24) is 4.90 Å². The zero-order valence-corrected chi connectivity index (χ0v) is 16.2. The number of hydrogen-bond acceptors (Lipinski definition) is 3. The van der Waals surface area contributed by atoms with Gasteiger partial charge in [0.1, 0.15) is 0 Å². The number of allylic oxidation sites excluding steroid dienone is 2. The number of nitrogens with one attached hydrogen (secondary N) is 1. The Kier molecular flexibility index (Phi) is 5.15. The first-order valence-electron chi connectivity index (χ1n) is 9.76. The quantitative estimate of drug-likeness (QED) is 0.755. The van der Waals surface area contributed by atoms with E-state index in [1.807, 2.05) is 17.1 Å². The number of carboxylic acids is 1.